The summed E-state index contributed by atoms with van der Waals surface area (Å²) in [7, 11) is 0. The van der Waals surface area contributed by atoms with Gasteiger partial charge in [0, 0.05) is 18.6 Å². The summed E-state index contributed by atoms with van der Waals surface area (Å²) < 4.78 is 19.7. The Bertz CT molecular complexity index is 858. The van der Waals surface area contributed by atoms with Crippen molar-refractivity contribution in [2.75, 3.05) is 0 Å². The molecule has 1 fully saturated rings. The number of rotatable bonds is 6. The van der Waals surface area contributed by atoms with Crippen molar-refractivity contribution < 1.29 is 18.7 Å². The lowest BCUT2D eigenvalue weighted by molar-refractivity contribution is -0.134. The average molecular weight is 511 g/mol. The first-order valence-electron chi connectivity index (χ1n) is 11.2. The third kappa shape index (κ3) is 6.21. The second-order valence-corrected chi connectivity index (χ2v) is 9.58. The first-order chi connectivity index (χ1) is 15.3. The number of urea groups is 1. The number of nitrogens with one attached hydrogen (secondary N) is 2. The molecule has 7 nitrogen and oxygen atoms in total. The molecule has 1 aromatic rings. The van der Waals surface area contributed by atoms with Crippen LogP contribution in [0.2, 0.25) is 0 Å². The summed E-state index contributed by atoms with van der Waals surface area (Å²) in [5.41, 5.74) is 1.34. The Morgan fingerprint density at radius 3 is 2.69 bits per heavy atom. The van der Waals surface area contributed by atoms with Crippen LogP contribution in [-0.4, -0.2) is 45.8 Å². The van der Waals surface area contributed by atoms with E-state index >= 15 is 0 Å². The van der Waals surface area contributed by atoms with Crippen molar-refractivity contribution >= 4 is 33.8 Å². The molecule has 2 N–H and O–H groups in total. The predicted octanol–water partition coefficient (Wildman–Crippen LogP) is 4.23. The molecule has 1 aliphatic heterocycles. The molecule has 176 valence electrons. The standard InChI is InChI=1S/C23H32BrFN4O3/c1-14(2)29-15(3)27-21(20(24)22(29)30)32-13-16-9-10-18(25)11-17(16)12-26-23(31)28-19-7-5-4-6-8-19/h9-11,14-15,19-20H,4-8,12-13H2,1-3H3,(H2,26,28,31). The molecule has 0 spiro atoms. The van der Waals surface area contributed by atoms with Crippen LogP contribution in [0.3, 0.4) is 0 Å². The van der Waals surface area contributed by atoms with Crippen LogP contribution in [0.15, 0.2) is 23.2 Å². The molecule has 0 bridgehead atoms. The molecule has 9 heteroatoms. The van der Waals surface area contributed by atoms with Crippen molar-refractivity contribution in [1.82, 2.24) is 15.5 Å². The van der Waals surface area contributed by atoms with Crippen LogP contribution in [0, 0.1) is 5.82 Å². The zero-order valence-corrected chi connectivity index (χ0v) is 20.5. The minimum Gasteiger partial charge on any atom is -0.475 e. The molecule has 3 amide bonds. The number of carbonyl (C=O) groups is 2. The monoisotopic (exact) mass is 510 g/mol. The second-order valence-electron chi connectivity index (χ2n) is 8.66. The van der Waals surface area contributed by atoms with Gasteiger partial charge in [-0.05, 0) is 56.9 Å². The van der Waals surface area contributed by atoms with E-state index < -0.39 is 4.83 Å². The van der Waals surface area contributed by atoms with Gasteiger partial charge in [0.05, 0.1) is 0 Å². The number of hydrogen-bond acceptors (Lipinski definition) is 4. The largest absolute Gasteiger partial charge is 0.475 e. The van der Waals surface area contributed by atoms with Gasteiger partial charge in [0.15, 0.2) is 4.83 Å². The highest BCUT2D eigenvalue weighted by atomic mass is 79.9. The number of carbonyl (C=O) groups excluding carboxylic acids is 2. The lowest BCUT2D eigenvalue weighted by Crippen LogP contribution is -2.52. The van der Waals surface area contributed by atoms with Crippen LogP contribution in [-0.2, 0) is 22.7 Å². The molecule has 1 heterocycles. The van der Waals surface area contributed by atoms with Gasteiger partial charge in [-0.25, -0.2) is 14.2 Å². The summed E-state index contributed by atoms with van der Waals surface area (Å²) in [6.45, 7) is 6.02. The van der Waals surface area contributed by atoms with Crippen LogP contribution in [0.1, 0.15) is 64.0 Å². The van der Waals surface area contributed by atoms with Gasteiger partial charge in [0.2, 0.25) is 11.8 Å². The molecular weight excluding hydrogens is 479 g/mol. The van der Waals surface area contributed by atoms with Gasteiger partial charge in [-0.15, -0.1) is 0 Å². The number of hydrogen-bond donors (Lipinski definition) is 2. The molecule has 3 rings (SSSR count). The molecular formula is C23H32BrFN4O3. The Morgan fingerprint density at radius 1 is 1.28 bits per heavy atom. The maximum absolute atomic E-state index is 13.9. The van der Waals surface area contributed by atoms with Gasteiger partial charge < -0.3 is 20.3 Å². The Morgan fingerprint density at radius 2 is 2.00 bits per heavy atom. The summed E-state index contributed by atoms with van der Waals surface area (Å²) in [5.74, 6) is -0.182. The van der Waals surface area contributed by atoms with E-state index in [9.17, 15) is 14.0 Å². The molecule has 0 aromatic heterocycles. The molecule has 2 aliphatic rings. The third-order valence-electron chi connectivity index (χ3n) is 5.88. The first-order valence-corrected chi connectivity index (χ1v) is 12.2. The molecule has 1 aliphatic carbocycles. The number of nitrogens with zero attached hydrogens (tertiary/aromatic N) is 2. The van der Waals surface area contributed by atoms with Gasteiger partial charge in [-0.2, -0.15) is 0 Å². The molecule has 2 unspecified atom stereocenters. The minimum atomic E-state index is -0.663. The fraction of sp³-hybridized carbons (Fsp3) is 0.609. The Labute approximate surface area is 197 Å². The quantitative estimate of drug-likeness (QED) is 0.561. The number of aliphatic imine (C=N–C) groups is 1. The van der Waals surface area contributed by atoms with Crippen molar-refractivity contribution in [1.29, 1.82) is 0 Å². The maximum Gasteiger partial charge on any atom is 0.315 e. The smallest absolute Gasteiger partial charge is 0.315 e. The second kappa shape index (κ2) is 11.1. The van der Waals surface area contributed by atoms with Crippen molar-refractivity contribution in [3.8, 4) is 0 Å². The highest BCUT2D eigenvalue weighted by Gasteiger charge is 2.37. The number of halogens is 2. The van der Waals surface area contributed by atoms with Crippen molar-refractivity contribution in [3.05, 3.63) is 35.1 Å². The van der Waals surface area contributed by atoms with Crippen molar-refractivity contribution in [3.63, 3.8) is 0 Å². The topological polar surface area (TPSA) is 83.0 Å². The number of ether oxygens (including phenoxy) is 1. The summed E-state index contributed by atoms with van der Waals surface area (Å²) in [6.07, 6.45) is 5.13. The van der Waals surface area contributed by atoms with Crippen molar-refractivity contribution in [2.24, 2.45) is 4.99 Å². The molecule has 0 saturated heterocycles. The lowest BCUT2D eigenvalue weighted by atomic mass is 9.96. The highest BCUT2D eigenvalue weighted by Crippen LogP contribution is 2.23. The molecule has 1 saturated carbocycles. The van der Waals surface area contributed by atoms with E-state index in [1.54, 1.807) is 11.0 Å². The summed E-state index contributed by atoms with van der Waals surface area (Å²) >= 11 is 3.38. The van der Waals surface area contributed by atoms with E-state index in [2.05, 4.69) is 31.6 Å². The van der Waals surface area contributed by atoms with E-state index in [1.165, 1.54) is 18.6 Å². The molecule has 1 aromatic carbocycles. The van der Waals surface area contributed by atoms with Crippen LogP contribution >= 0.6 is 15.9 Å². The van der Waals surface area contributed by atoms with Gasteiger partial charge in [-0.1, -0.05) is 41.3 Å². The highest BCUT2D eigenvalue weighted by molar-refractivity contribution is 9.10. The first kappa shape index (κ1) is 24.5. The maximum atomic E-state index is 13.9. The third-order valence-corrected chi connectivity index (χ3v) is 6.67. The van der Waals surface area contributed by atoms with E-state index in [4.69, 9.17) is 4.74 Å². The van der Waals surface area contributed by atoms with Gasteiger partial charge in [0.1, 0.15) is 18.6 Å². The van der Waals surface area contributed by atoms with Crippen LogP contribution in [0.25, 0.3) is 0 Å². The Kier molecular flexibility index (Phi) is 8.51. The number of alkyl halides is 1. The van der Waals surface area contributed by atoms with Gasteiger partial charge >= 0.3 is 6.03 Å². The Hall–Kier alpha value is -2.16. The van der Waals surface area contributed by atoms with Gasteiger partial charge in [-0.3, -0.25) is 4.79 Å². The van der Waals surface area contributed by atoms with Crippen molar-refractivity contribution in [2.45, 2.75) is 89.1 Å². The fourth-order valence-corrected chi connectivity index (χ4v) is 4.73. The van der Waals surface area contributed by atoms with Gasteiger partial charge in [0.25, 0.3) is 0 Å². The average Bonchev–Trinajstić information content (AvgIpc) is 2.75. The van der Waals surface area contributed by atoms with E-state index in [0.717, 1.165) is 31.2 Å². The van der Waals surface area contributed by atoms with E-state index in [-0.39, 0.29) is 49.2 Å². The molecule has 32 heavy (non-hydrogen) atoms. The summed E-state index contributed by atoms with van der Waals surface area (Å²) in [5, 5.41) is 5.81. The van der Waals surface area contributed by atoms with Crippen LogP contribution < -0.4 is 10.6 Å². The number of amides is 3. The SMILES string of the molecule is CC(C)N1C(=O)C(Br)C(OCc2ccc(F)cc2CNC(=O)NC2CCCCC2)=NC1C. The predicted molar refractivity (Wildman–Crippen MR) is 125 cm³/mol. The summed E-state index contributed by atoms with van der Waals surface area (Å²) in [6, 6.07) is 4.35. The molecule has 0 radical (unpaired) electrons. The van der Waals surface area contributed by atoms with Crippen LogP contribution in [0.4, 0.5) is 9.18 Å². The zero-order chi connectivity index (χ0) is 23.3. The zero-order valence-electron chi connectivity index (χ0n) is 18.9. The normalized spacial score (nSPS) is 22.0. The summed E-state index contributed by atoms with van der Waals surface area (Å²) in [4.78, 5) is 30.5. The lowest BCUT2D eigenvalue weighted by Gasteiger charge is -2.36. The minimum absolute atomic E-state index is 0.0254. The van der Waals surface area contributed by atoms with Crippen LogP contribution in [0.5, 0.6) is 0 Å². The van der Waals surface area contributed by atoms with E-state index in [0.29, 0.717) is 11.5 Å². The number of benzene rings is 1. The Balaban J connectivity index is 1.62. The van der Waals surface area contributed by atoms with E-state index in [1.807, 2.05) is 20.8 Å². The fourth-order valence-electron chi connectivity index (χ4n) is 4.24. The molecule has 2 atom stereocenters.